The second-order valence-corrected chi connectivity index (χ2v) is 7.13. The van der Waals surface area contributed by atoms with Crippen molar-refractivity contribution in [1.82, 2.24) is 0 Å². The number of allylic oxidation sites excluding steroid dienone is 3. The highest BCUT2D eigenvalue weighted by atomic mass is 16.5. The van der Waals surface area contributed by atoms with Crippen LogP contribution in [0.5, 0.6) is 11.5 Å². The Bertz CT molecular complexity index is 665. The lowest BCUT2D eigenvalue weighted by atomic mass is 9.91. The van der Waals surface area contributed by atoms with Crippen LogP contribution in [0.3, 0.4) is 0 Å². The molecule has 0 spiro atoms. The molecule has 5 nitrogen and oxygen atoms in total. The fourth-order valence-electron chi connectivity index (χ4n) is 3.05. The van der Waals surface area contributed by atoms with E-state index in [1.807, 2.05) is 33.0 Å². The van der Waals surface area contributed by atoms with Crippen LogP contribution in [0, 0.1) is 0 Å². The molecular formula is C21H32N2O3. The van der Waals surface area contributed by atoms with Crippen LogP contribution < -0.4 is 20.5 Å². The van der Waals surface area contributed by atoms with Crippen molar-refractivity contribution in [2.75, 3.05) is 26.0 Å². The van der Waals surface area contributed by atoms with Gasteiger partial charge in [0.25, 0.3) is 0 Å². The van der Waals surface area contributed by atoms with Crippen molar-refractivity contribution >= 4 is 5.69 Å². The molecule has 1 aromatic carbocycles. The van der Waals surface area contributed by atoms with E-state index >= 15 is 0 Å². The highest BCUT2D eigenvalue weighted by Crippen LogP contribution is 2.39. The molecule has 0 radical (unpaired) electrons. The molecule has 2 aliphatic rings. The lowest BCUT2D eigenvalue weighted by Gasteiger charge is -2.37. The molecule has 4 N–H and O–H groups in total. The van der Waals surface area contributed by atoms with Crippen molar-refractivity contribution in [1.29, 1.82) is 0 Å². The van der Waals surface area contributed by atoms with Gasteiger partial charge in [0.1, 0.15) is 17.1 Å². The van der Waals surface area contributed by atoms with Gasteiger partial charge < -0.3 is 25.6 Å². The number of anilines is 1. The van der Waals surface area contributed by atoms with Gasteiger partial charge in [-0.25, -0.2) is 0 Å². The number of nitrogens with two attached hydrogens (primary N) is 1. The van der Waals surface area contributed by atoms with Gasteiger partial charge in [-0.2, -0.15) is 0 Å². The fraction of sp³-hybridized carbons (Fsp3) is 0.524. The van der Waals surface area contributed by atoms with Gasteiger partial charge >= 0.3 is 0 Å². The number of ether oxygens (including phenoxy) is 2. The molecule has 3 rings (SSSR count). The maximum atomic E-state index is 9.99. The molecule has 0 aromatic heterocycles. The van der Waals surface area contributed by atoms with Gasteiger partial charge in [-0.15, -0.1) is 0 Å². The first kappa shape index (κ1) is 20.3. The van der Waals surface area contributed by atoms with E-state index in [1.54, 1.807) is 7.11 Å². The summed E-state index contributed by atoms with van der Waals surface area (Å²) in [6, 6.07) is 3.83. The lowest BCUT2D eigenvalue weighted by molar-refractivity contribution is -0.0411. The van der Waals surface area contributed by atoms with Crippen molar-refractivity contribution in [3.63, 3.8) is 0 Å². The first-order chi connectivity index (χ1) is 12.4. The lowest BCUT2D eigenvalue weighted by Crippen LogP contribution is -2.46. The third-order valence-corrected chi connectivity index (χ3v) is 4.75. The highest BCUT2D eigenvalue weighted by Gasteiger charge is 2.36. The topological polar surface area (TPSA) is 76.7 Å². The van der Waals surface area contributed by atoms with E-state index in [9.17, 15) is 5.11 Å². The highest BCUT2D eigenvalue weighted by molar-refractivity contribution is 5.62. The first-order valence-electron chi connectivity index (χ1n) is 9.22. The molecule has 0 saturated heterocycles. The molecular weight excluding hydrogens is 328 g/mol. The summed E-state index contributed by atoms with van der Waals surface area (Å²) in [5.74, 6) is 1.58. The minimum atomic E-state index is -0.549. The molecule has 26 heavy (non-hydrogen) atoms. The average Bonchev–Trinajstić information content (AvgIpc) is 2.63. The smallest absolute Gasteiger partial charge is 0.142 e. The number of aliphatic hydroxyl groups is 1. The summed E-state index contributed by atoms with van der Waals surface area (Å²) in [5.41, 5.74) is 8.11. The number of methoxy groups -OCH3 is 1. The Balaban J connectivity index is 0.000000228. The molecule has 1 aliphatic carbocycles. The zero-order valence-electron chi connectivity index (χ0n) is 16.3. The minimum Gasteiger partial charge on any atom is -0.495 e. The molecule has 0 amide bonds. The second kappa shape index (κ2) is 9.10. The normalized spacial score (nSPS) is 20.1. The first-order valence-corrected chi connectivity index (χ1v) is 9.22. The van der Waals surface area contributed by atoms with E-state index in [4.69, 9.17) is 15.2 Å². The van der Waals surface area contributed by atoms with E-state index in [0.717, 1.165) is 35.7 Å². The summed E-state index contributed by atoms with van der Waals surface area (Å²) in [4.78, 5) is 0. The number of nitrogens with one attached hydrogen (secondary N) is 1. The van der Waals surface area contributed by atoms with Crippen molar-refractivity contribution in [3.05, 3.63) is 41.5 Å². The van der Waals surface area contributed by atoms with Crippen molar-refractivity contribution in [3.8, 4) is 11.5 Å². The van der Waals surface area contributed by atoms with Crippen LogP contribution in [0.15, 0.2) is 35.9 Å². The van der Waals surface area contributed by atoms with E-state index in [0.29, 0.717) is 6.42 Å². The summed E-state index contributed by atoms with van der Waals surface area (Å²) < 4.78 is 11.1. The van der Waals surface area contributed by atoms with Gasteiger partial charge in [0.2, 0.25) is 0 Å². The Morgan fingerprint density at radius 2 is 2.12 bits per heavy atom. The Morgan fingerprint density at radius 3 is 2.69 bits per heavy atom. The van der Waals surface area contributed by atoms with Gasteiger partial charge in [0, 0.05) is 25.1 Å². The summed E-state index contributed by atoms with van der Waals surface area (Å²) in [7, 11) is 3.47. The third-order valence-electron chi connectivity index (χ3n) is 4.75. The van der Waals surface area contributed by atoms with Gasteiger partial charge in [-0.1, -0.05) is 23.8 Å². The van der Waals surface area contributed by atoms with E-state index < -0.39 is 11.7 Å². The third kappa shape index (κ3) is 5.02. The summed E-state index contributed by atoms with van der Waals surface area (Å²) in [6.07, 6.45) is 10.2. The van der Waals surface area contributed by atoms with Crippen LogP contribution in [-0.4, -0.2) is 37.5 Å². The van der Waals surface area contributed by atoms with Crippen LogP contribution in [0.4, 0.5) is 5.69 Å². The predicted octanol–water partition coefficient (Wildman–Crippen LogP) is 3.42. The number of hydrogen-bond acceptors (Lipinski definition) is 5. The molecule has 5 heteroatoms. The zero-order chi connectivity index (χ0) is 19.2. The Hall–Kier alpha value is -1.98. The van der Waals surface area contributed by atoms with E-state index in [2.05, 4.69) is 23.5 Å². The Kier molecular flexibility index (Phi) is 7.12. The average molecular weight is 360 g/mol. The summed E-state index contributed by atoms with van der Waals surface area (Å²) in [6.45, 7) is 4.56. The molecule has 0 saturated carbocycles. The number of fused-ring (bicyclic) bond motifs is 1. The molecule has 144 valence electrons. The second-order valence-electron chi connectivity index (χ2n) is 7.13. The summed E-state index contributed by atoms with van der Waals surface area (Å²) >= 11 is 0. The predicted molar refractivity (Wildman–Crippen MR) is 107 cm³/mol. The molecule has 1 atom stereocenters. The molecule has 1 aromatic rings. The minimum absolute atomic E-state index is 0.500. The SMILES string of the molecule is CNc1cc2c(cc1OC)CC(O)C(C)(C)O2.NCCC1=CCCC=C1. The molecule has 1 unspecified atom stereocenters. The van der Waals surface area contributed by atoms with Gasteiger partial charge in [0.05, 0.1) is 18.9 Å². The van der Waals surface area contributed by atoms with Crippen molar-refractivity contribution in [2.45, 2.75) is 51.2 Å². The number of aliphatic hydroxyl groups excluding tert-OH is 1. The Morgan fingerprint density at radius 1 is 1.35 bits per heavy atom. The van der Waals surface area contributed by atoms with Crippen molar-refractivity contribution < 1.29 is 14.6 Å². The van der Waals surface area contributed by atoms with Crippen LogP contribution in [0.1, 0.15) is 38.7 Å². The largest absolute Gasteiger partial charge is 0.495 e. The van der Waals surface area contributed by atoms with Gasteiger partial charge in [0.15, 0.2) is 0 Å². The Labute approximate surface area is 156 Å². The van der Waals surface area contributed by atoms with Gasteiger partial charge in [-0.05, 0) is 45.7 Å². The van der Waals surface area contributed by atoms with Gasteiger partial charge in [-0.3, -0.25) is 0 Å². The van der Waals surface area contributed by atoms with E-state index in [1.165, 1.54) is 18.4 Å². The molecule has 1 aliphatic heterocycles. The number of benzene rings is 1. The molecule has 0 fully saturated rings. The fourth-order valence-corrected chi connectivity index (χ4v) is 3.05. The number of rotatable bonds is 4. The monoisotopic (exact) mass is 360 g/mol. The maximum Gasteiger partial charge on any atom is 0.142 e. The van der Waals surface area contributed by atoms with Crippen LogP contribution in [0.2, 0.25) is 0 Å². The van der Waals surface area contributed by atoms with Crippen LogP contribution in [0.25, 0.3) is 0 Å². The molecule has 0 bridgehead atoms. The maximum absolute atomic E-state index is 9.99. The van der Waals surface area contributed by atoms with E-state index in [-0.39, 0.29) is 0 Å². The van der Waals surface area contributed by atoms with Crippen LogP contribution >= 0.6 is 0 Å². The number of hydrogen-bond donors (Lipinski definition) is 3. The molecule has 1 heterocycles. The summed E-state index contributed by atoms with van der Waals surface area (Å²) in [5, 5.41) is 13.1. The van der Waals surface area contributed by atoms with Crippen LogP contribution in [-0.2, 0) is 6.42 Å². The van der Waals surface area contributed by atoms with Crippen molar-refractivity contribution in [2.24, 2.45) is 5.73 Å². The standard InChI is InChI=1S/C13H19NO3.C8H13N/c1-13(2)12(15)6-8-5-11(16-4)9(14-3)7-10(8)17-13;9-7-6-8-4-2-1-3-5-8/h5,7,12,14-15H,6H2,1-4H3;2,4-5H,1,3,6-7,9H2. The quantitative estimate of drug-likeness (QED) is 0.767. The zero-order valence-corrected chi connectivity index (χ0v) is 16.3.